The summed E-state index contributed by atoms with van der Waals surface area (Å²) in [6.45, 7) is 4.93. The molecule has 4 nitrogen and oxygen atoms in total. The summed E-state index contributed by atoms with van der Waals surface area (Å²) >= 11 is 8.16. The first-order chi connectivity index (χ1) is 9.06. The van der Waals surface area contributed by atoms with Crippen LogP contribution in [0.15, 0.2) is 0 Å². The zero-order valence-electron chi connectivity index (χ0n) is 12.0. The van der Waals surface area contributed by atoms with Crippen molar-refractivity contribution in [1.82, 2.24) is 19.3 Å². The summed E-state index contributed by atoms with van der Waals surface area (Å²) in [6.07, 6.45) is 4.51. The van der Waals surface area contributed by atoms with Crippen molar-refractivity contribution in [2.45, 2.75) is 38.6 Å². The number of imidazole rings is 1. The van der Waals surface area contributed by atoms with Gasteiger partial charge in [-0.3, -0.25) is 4.68 Å². The monoisotopic (exact) mass is 300 g/mol. The summed E-state index contributed by atoms with van der Waals surface area (Å²) in [5, 5.41) is 4.37. The molecule has 0 aromatic carbocycles. The van der Waals surface area contributed by atoms with Gasteiger partial charge in [0.25, 0.3) is 0 Å². The molecule has 1 atom stereocenters. The number of nitrogens with zero attached hydrogens (tertiary/aromatic N) is 4. The molecule has 0 fully saturated rings. The van der Waals surface area contributed by atoms with Crippen LogP contribution in [0.5, 0.6) is 0 Å². The average molecular weight is 301 g/mol. The lowest BCUT2D eigenvalue weighted by Gasteiger charge is -2.10. The Morgan fingerprint density at radius 3 is 2.74 bits per heavy atom. The minimum atomic E-state index is -0.0765. The molecule has 19 heavy (non-hydrogen) atoms. The molecule has 2 aromatic heterocycles. The molecule has 2 heterocycles. The zero-order valence-corrected chi connectivity index (χ0v) is 13.6. The highest BCUT2D eigenvalue weighted by molar-refractivity contribution is 7.98. The summed E-state index contributed by atoms with van der Waals surface area (Å²) < 4.78 is 4.14. The molecule has 1 unspecified atom stereocenters. The van der Waals surface area contributed by atoms with Crippen LogP contribution in [-0.2, 0) is 13.6 Å². The highest BCUT2D eigenvalue weighted by atomic mass is 35.5. The number of alkyl halides is 1. The minimum Gasteiger partial charge on any atom is -0.312 e. The second kappa shape index (κ2) is 6.18. The smallest absolute Gasteiger partial charge is 0.158 e. The molecule has 0 aliphatic heterocycles. The van der Waals surface area contributed by atoms with Crippen LogP contribution in [0.3, 0.4) is 0 Å². The molecule has 0 saturated carbocycles. The molecule has 0 radical (unpaired) electrons. The van der Waals surface area contributed by atoms with E-state index in [2.05, 4.69) is 20.9 Å². The number of halogens is 1. The van der Waals surface area contributed by atoms with E-state index >= 15 is 0 Å². The standard InChI is InChI=1S/C13H21ClN4S/c1-9(14)12-15-11-10(2)16-17(3)13(11)18(12)7-5-6-8-19-4/h9H,5-8H2,1-4H3. The van der Waals surface area contributed by atoms with E-state index in [0.29, 0.717) is 0 Å². The predicted molar refractivity (Wildman–Crippen MR) is 83.1 cm³/mol. The van der Waals surface area contributed by atoms with Gasteiger partial charge in [-0.25, -0.2) is 4.98 Å². The third-order valence-corrected chi connectivity index (χ3v) is 4.15. The Morgan fingerprint density at radius 2 is 2.11 bits per heavy atom. The van der Waals surface area contributed by atoms with E-state index in [9.17, 15) is 0 Å². The van der Waals surface area contributed by atoms with Crippen LogP contribution >= 0.6 is 23.4 Å². The van der Waals surface area contributed by atoms with E-state index in [1.54, 1.807) is 0 Å². The van der Waals surface area contributed by atoms with Crippen LogP contribution in [-0.4, -0.2) is 31.3 Å². The zero-order chi connectivity index (χ0) is 14.0. The SMILES string of the molecule is CSCCCCn1c(C(C)Cl)nc2c(C)nn(C)c21. The number of aromatic nitrogens is 4. The van der Waals surface area contributed by atoms with Crippen molar-refractivity contribution in [2.75, 3.05) is 12.0 Å². The van der Waals surface area contributed by atoms with E-state index in [0.717, 1.165) is 35.6 Å². The first-order valence-corrected chi connectivity index (χ1v) is 8.42. The second-order valence-electron chi connectivity index (χ2n) is 4.82. The van der Waals surface area contributed by atoms with Crippen LogP contribution in [0.4, 0.5) is 0 Å². The maximum Gasteiger partial charge on any atom is 0.158 e. The highest BCUT2D eigenvalue weighted by Crippen LogP contribution is 2.26. The van der Waals surface area contributed by atoms with Crippen molar-refractivity contribution < 1.29 is 0 Å². The molecule has 6 heteroatoms. The average Bonchev–Trinajstić information content (AvgIpc) is 2.85. The topological polar surface area (TPSA) is 35.6 Å². The van der Waals surface area contributed by atoms with Crippen molar-refractivity contribution in [3.05, 3.63) is 11.5 Å². The Balaban J connectivity index is 2.34. The van der Waals surface area contributed by atoms with Crippen LogP contribution in [0.1, 0.15) is 36.7 Å². The van der Waals surface area contributed by atoms with Crippen molar-refractivity contribution in [3.8, 4) is 0 Å². The van der Waals surface area contributed by atoms with Gasteiger partial charge in [-0.05, 0) is 38.7 Å². The van der Waals surface area contributed by atoms with Crippen LogP contribution in [0.25, 0.3) is 11.2 Å². The maximum absolute atomic E-state index is 6.26. The normalized spacial score (nSPS) is 13.3. The fraction of sp³-hybridized carbons (Fsp3) is 0.692. The molecule has 0 aliphatic rings. The number of thioether (sulfide) groups is 1. The molecule has 0 aliphatic carbocycles. The van der Waals surface area contributed by atoms with Crippen molar-refractivity contribution in [1.29, 1.82) is 0 Å². The molecule has 0 amide bonds. The molecule has 0 N–H and O–H groups in total. The quantitative estimate of drug-likeness (QED) is 0.605. The Bertz CT molecular complexity index is 558. The second-order valence-corrected chi connectivity index (χ2v) is 6.46. The Labute approximate surface area is 123 Å². The molecule has 0 spiro atoms. The van der Waals surface area contributed by atoms with Crippen LogP contribution in [0.2, 0.25) is 0 Å². The molecule has 106 valence electrons. The third-order valence-electron chi connectivity index (χ3n) is 3.26. The Morgan fingerprint density at radius 1 is 1.37 bits per heavy atom. The maximum atomic E-state index is 6.26. The van der Waals surface area contributed by atoms with Gasteiger partial charge >= 0.3 is 0 Å². The van der Waals surface area contributed by atoms with Gasteiger partial charge in [-0.1, -0.05) is 0 Å². The number of unbranched alkanes of at least 4 members (excludes halogenated alkanes) is 1. The first-order valence-electron chi connectivity index (χ1n) is 6.59. The lowest BCUT2D eigenvalue weighted by Crippen LogP contribution is -2.08. The van der Waals surface area contributed by atoms with Crippen molar-refractivity contribution >= 4 is 34.5 Å². The summed E-state index contributed by atoms with van der Waals surface area (Å²) in [5.74, 6) is 2.16. The van der Waals surface area contributed by atoms with E-state index in [1.807, 2.05) is 37.3 Å². The van der Waals surface area contributed by atoms with Crippen LogP contribution < -0.4 is 0 Å². The van der Waals surface area contributed by atoms with E-state index < -0.39 is 0 Å². The first kappa shape index (κ1) is 14.7. The number of hydrogen-bond acceptors (Lipinski definition) is 3. The summed E-state index contributed by atoms with van der Waals surface area (Å²) in [4.78, 5) is 4.67. The molecule has 2 aromatic rings. The van der Waals surface area contributed by atoms with Gasteiger partial charge in [0.1, 0.15) is 11.3 Å². The fourth-order valence-corrected chi connectivity index (χ4v) is 3.05. The highest BCUT2D eigenvalue weighted by Gasteiger charge is 2.19. The van der Waals surface area contributed by atoms with Gasteiger partial charge in [0.15, 0.2) is 5.65 Å². The largest absolute Gasteiger partial charge is 0.312 e. The van der Waals surface area contributed by atoms with Gasteiger partial charge < -0.3 is 4.57 Å². The van der Waals surface area contributed by atoms with Gasteiger partial charge in [-0.15, -0.1) is 11.6 Å². The Kier molecular flexibility index (Phi) is 4.79. The number of aryl methyl sites for hydroxylation is 3. The molecule has 2 rings (SSSR count). The van der Waals surface area contributed by atoms with Crippen LogP contribution in [0, 0.1) is 6.92 Å². The number of fused-ring (bicyclic) bond motifs is 1. The predicted octanol–water partition coefficient (Wildman–Crippen LogP) is 3.52. The van der Waals surface area contributed by atoms with Gasteiger partial charge in [0.05, 0.1) is 11.1 Å². The van der Waals surface area contributed by atoms with Gasteiger partial charge in [-0.2, -0.15) is 16.9 Å². The molecular weight excluding hydrogens is 280 g/mol. The van der Waals surface area contributed by atoms with Gasteiger partial charge in [0.2, 0.25) is 0 Å². The number of hydrogen-bond donors (Lipinski definition) is 0. The minimum absolute atomic E-state index is 0.0765. The molecule has 0 saturated heterocycles. The summed E-state index contributed by atoms with van der Waals surface area (Å²) in [5.41, 5.74) is 3.04. The van der Waals surface area contributed by atoms with E-state index in [4.69, 9.17) is 11.6 Å². The lowest BCUT2D eigenvalue weighted by molar-refractivity contribution is 0.599. The summed E-state index contributed by atoms with van der Waals surface area (Å²) in [7, 11) is 1.97. The van der Waals surface area contributed by atoms with Crippen molar-refractivity contribution in [2.24, 2.45) is 7.05 Å². The molecular formula is C13H21ClN4S. The molecule has 0 bridgehead atoms. The summed E-state index contributed by atoms with van der Waals surface area (Å²) in [6, 6.07) is 0. The van der Waals surface area contributed by atoms with Crippen molar-refractivity contribution in [3.63, 3.8) is 0 Å². The van der Waals surface area contributed by atoms with E-state index in [-0.39, 0.29) is 5.38 Å². The van der Waals surface area contributed by atoms with E-state index in [1.165, 1.54) is 12.2 Å². The fourth-order valence-electron chi connectivity index (χ4n) is 2.39. The number of rotatable bonds is 6. The third kappa shape index (κ3) is 2.92. The lowest BCUT2D eigenvalue weighted by atomic mass is 10.3. The Hall–Kier alpha value is -0.680. The van der Waals surface area contributed by atoms with Gasteiger partial charge in [0, 0.05) is 13.6 Å².